The maximum atomic E-state index is 14.1. The fourth-order valence-corrected chi connectivity index (χ4v) is 11.7. The molecule has 6 aliphatic rings. The van der Waals surface area contributed by atoms with Crippen molar-refractivity contribution in [1.82, 2.24) is 0 Å². The van der Waals surface area contributed by atoms with Crippen LogP contribution in [-0.4, -0.2) is 29.2 Å². The predicted molar refractivity (Wildman–Crippen MR) is 131 cm³/mol. The molecular formula is C30H48O3. The Kier molecular flexibility index (Phi) is 4.38. The number of ether oxygens (including phenoxy) is 1. The highest BCUT2D eigenvalue weighted by Crippen LogP contribution is 2.79. The van der Waals surface area contributed by atoms with Gasteiger partial charge in [-0.05, 0) is 91.3 Å². The highest BCUT2D eigenvalue weighted by molar-refractivity contribution is 5.88. The largest absolute Gasteiger partial charge is 0.393 e. The lowest BCUT2D eigenvalue weighted by atomic mass is 9.30. The van der Waals surface area contributed by atoms with E-state index in [9.17, 15) is 9.90 Å². The van der Waals surface area contributed by atoms with Gasteiger partial charge in [0.15, 0.2) is 0 Å². The summed E-state index contributed by atoms with van der Waals surface area (Å²) in [6.45, 7) is 17.8. The van der Waals surface area contributed by atoms with Crippen molar-refractivity contribution in [2.45, 2.75) is 124 Å². The van der Waals surface area contributed by atoms with E-state index in [1.165, 1.54) is 19.3 Å². The van der Waals surface area contributed by atoms with E-state index in [2.05, 4.69) is 48.5 Å². The minimum atomic E-state index is -0.198. The van der Waals surface area contributed by atoms with E-state index in [1.807, 2.05) is 0 Å². The minimum Gasteiger partial charge on any atom is -0.393 e. The van der Waals surface area contributed by atoms with Gasteiger partial charge in [0.05, 0.1) is 23.7 Å². The van der Waals surface area contributed by atoms with Gasteiger partial charge >= 0.3 is 0 Å². The van der Waals surface area contributed by atoms with Crippen LogP contribution in [0.2, 0.25) is 0 Å². The first kappa shape index (κ1) is 23.0. The molecule has 186 valence electrons. The van der Waals surface area contributed by atoms with Crippen molar-refractivity contribution in [3.05, 3.63) is 0 Å². The lowest BCUT2D eigenvalue weighted by Crippen LogP contribution is -2.73. The Balaban J connectivity index is 1.46. The summed E-state index contributed by atoms with van der Waals surface area (Å²) in [5.74, 6) is 2.09. The molecule has 0 amide bonds. The Bertz CT molecular complexity index is 891. The van der Waals surface area contributed by atoms with Crippen LogP contribution in [-0.2, 0) is 9.53 Å². The van der Waals surface area contributed by atoms with Gasteiger partial charge in [-0.25, -0.2) is 0 Å². The summed E-state index contributed by atoms with van der Waals surface area (Å²) in [6, 6.07) is 0. The quantitative estimate of drug-likeness (QED) is 0.449. The number of fused-ring (bicyclic) bond motifs is 4. The lowest BCUT2D eigenvalue weighted by Gasteiger charge is -2.74. The number of Topliss-reactive ketones (excluding diaryl/α,β-unsaturated/α-hetero) is 1. The lowest BCUT2D eigenvalue weighted by molar-refractivity contribution is -0.282. The van der Waals surface area contributed by atoms with Crippen molar-refractivity contribution in [2.24, 2.45) is 50.2 Å². The molecule has 1 N–H and O–H groups in total. The van der Waals surface area contributed by atoms with Gasteiger partial charge in [0.2, 0.25) is 0 Å². The highest BCUT2D eigenvalue weighted by Gasteiger charge is 2.80. The van der Waals surface area contributed by atoms with Crippen molar-refractivity contribution < 1.29 is 14.6 Å². The smallest absolute Gasteiger partial charge is 0.142 e. The van der Waals surface area contributed by atoms with Crippen molar-refractivity contribution >= 4 is 5.78 Å². The number of carbonyl (C=O) groups is 1. The number of ketones is 1. The van der Waals surface area contributed by atoms with Crippen LogP contribution in [0.25, 0.3) is 0 Å². The fourth-order valence-electron chi connectivity index (χ4n) is 11.7. The topological polar surface area (TPSA) is 46.5 Å². The normalized spacial score (nSPS) is 58.6. The second-order valence-corrected chi connectivity index (χ2v) is 15.7. The summed E-state index contributed by atoms with van der Waals surface area (Å²) in [5.41, 5.74) is 0.210. The molecule has 33 heavy (non-hydrogen) atoms. The van der Waals surface area contributed by atoms with Crippen molar-refractivity contribution in [3.63, 3.8) is 0 Å². The van der Waals surface area contributed by atoms with Crippen LogP contribution in [0.5, 0.6) is 0 Å². The van der Waals surface area contributed by atoms with E-state index < -0.39 is 0 Å². The monoisotopic (exact) mass is 456 g/mol. The molecule has 0 aromatic heterocycles. The zero-order valence-corrected chi connectivity index (χ0v) is 22.4. The van der Waals surface area contributed by atoms with Gasteiger partial charge in [-0.1, -0.05) is 48.5 Å². The molecular weight excluding hydrogens is 408 g/mol. The Morgan fingerprint density at radius 1 is 0.818 bits per heavy atom. The molecule has 4 unspecified atom stereocenters. The molecule has 6 rings (SSSR count). The number of hydrogen-bond acceptors (Lipinski definition) is 3. The third kappa shape index (κ3) is 2.39. The second kappa shape index (κ2) is 6.28. The van der Waals surface area contributed by atoms with Gasteiger partial charge in [-0.2, -0.15) is 0 Å². The predicted octanol–water partition coefficient (Wildman–Crippen LogP) is 6.56. The zero-order valence-electron chi connectivity index (χ0n) is 22.4. The van der Waals surface area contributed by atoms with E-state index >= 15 is 0 Å². The molecule has 1 spiro atoms. The number of rotatable bonds is 0. The Labute approximate surface area is 201 Å². The molecule has 5 saturated carbocycles. The number of hydrogen-bond donors (Lipinski definition) is 1. The summed E-state index contributed by atoms with van der Waals surface area (Å²) in [7, 11) is 0. The molecule has 3 heteroatoms. The maximum absolute atomic E-state index is 14.1. The fraction of sp³-hybridized carbons (Fsp3) is 0.967. The summed E-state index contributed by atoms with van der Waals surface area (Å²) in [6.07, 6.45) is 10.6. The van der Waals surface area contributed by atoms with Gasteiger partial charge in [0.25, 0.3) is 0 Å². The van der Waals surface area contributed by atoms with Crippen LogP contribution in [0.1, 0.15) is 113 Å². The molecule has 2 bridgehead atoms. The van der Waals surface area contributed by atoms with E-state index in [0.29, 0.717) is 35.6 Å². The Morgan fingerprint density at radius 3 is 2.24 bits per heavy atom. The first-order chi connectivity index (χ1) is 15.2. The van der Waals surface area contributed by atoms with E-state index in [-0.39, 0.29) is 38.8 Å². The molecule has 1 heterocycles. The summed E-state index contributed by atoms with van der Waals surface area (Å²) >= 11 is 0. The third-order valence-corrected chi connectivity index (χ3v) is 13.9. The van der Waals surface area contributed by atoms with Crippen LogP contribution < -0.4 is 0 Å². The van der Waals surface area contributed by atoms with Gasteiger partial charge < -0.3 is 9.84 Å². The van der Waals surface area contributed by atoms with Crippen molar-refractivity contribution in [1.29, 1.82) is 0 Å². The maximum Gasteiger partial charge on any atom is 0.142 e. The van der Waals surface area contributed by atoms with Gasteiger partial charge in [0, 0.05) is 17.8 Å². The molecule has 0 radical (unpaired) electrons. The van der Waals surface area contributed by atoms with Crippen LogP contribution in [0.3, 0.4) is 0 Å². The molecule has 6 fully saturated rings. The van der Waals surface area contributed by atoms with E-state index in [4.69, 9.17) is 4.74 Å². The van der Waals surface area contributed by atoms with Crippen LogP contribution in [0.15, 0.2) is 0 Å². The highest BCUT2D eigenvalue weighted by atomic mass is 16.5. The average Bonchev–Trinajstić information content (AvgIpc) is 2.99. The number of aliphatic hydroxyl groups is 1. The van der Waals surface area contributed by atoms with E-state index in [1.54, 1.807) is 0 Å². The first-order valence-corrected chi connectivity index (χ1v) is 14.0. The van der Waals surface area contributed by atoms with Gasteiger partial charge in [-0.15, -0.1) is 0 Å². The van der Waals surface area contributed by atoms with Crippen LogP contribution in [0, 0.1) is 50.2 Å². The van der Waals surface area contributed by atoms with E-state index in [0.717, 1.165) is 44.9 Å². The molecule has 0 aromatic rings. The summed E-state index contributed by atoms with van der Waals surface area (Å²) < 4.78 is 7.05. The summed E-state index contributed by atoms with van der Waals surface area (Å²) in [5, 5.41) is 10.9. The third-order valence-electron chi connectivity index (χ3n) is 13.9. The molecule has 5 aliphatic carbocycles. The minimum absolute atomic E-state index is 0.0286. The first-order valence-electron chi connectivity index (χ1n) is 14.0. The average molecular weight is 457 g/mol. The number of carbonyl (C=O) groups excluding carboxylic acids is 1. The van der Waals surface area contributed by atoms with Crippen molar-refractivity contribution in [3.8, 4) is 0 Å². The molecule has 9 atom stereocenters. The molecule has 1 saturated heterocycles. The van der Waals surface area contributed by atoms with Gasteiger partial charge in [-0.3, -0.25) is 4.79 Å². The standard InChI is InChI=1S/C30H48O3/c1-24(2)14-15-29-18-33-30(21(29)16-24)13-9-20-26(5)11-10-22(31)25(3,4)19(26)8-12-27(20,6)28(30,7)17-23(29)32/h19-22,31H,8-18H2,1-7H3/t19?,20?,21?,22-,26-,27+,28-,29?,30-/m0/s1. The van der Waals surface area contributed by atoms with Crippen LogP contribution >= 0.6 is 0 Å². The van der Waals surface area contributed by atoms with Crippen molar-refractivity contribution in [2.75, 3.05) is 6.61 Å². The number of aliphatic hydroxyl groups excluding tert-OH is 1. The van der Waals surface area contributed by atoms with Crippen LogP contribution in [0.4, 0.5) is 0 Å². The summed E-state index contributed by atoms with van der Waals surface area (Å²) in [4.78, 5) is 14.1. The SMILES string of the molecule is CC1(C)CCC23CO[C@@]4(CCC5[C@@]6(C)CC[C@H](O)C(C)(C)C6CC[C@@]5(C)[C@]4(C)CC2=O)C3C1. The zero-order chi connectivity index (χ0) is 23.9. The molecule has 3 nitrogen and oxygen atoms in total. The molecule has 0 aromatic carbocycles. The molecule has 1 aliphatic heterocycles. The Hall–Kier alpha value is -0.410. The van der Waals surface area contributed by atoms with Gasteiger partial charge in [0.1, 0.15) is 5.78 Å². The second-order valence-electron chi connectivity index (χ2n) is 15.7. The Morgan fingerprint density at radius 2 is 1.52 bits per heavy atom.